The predicted octanol–water partition coefficient (Wildman–Crippen LogP) is 3.86. The minimum atomic E-state index is -0.544. The van der Waals surface area contributed by atoms with Crippen LogP contribution in [0.25, 0.3) is 0 Å². The number of carbonyl (C=O) groups excluding carboxylic acids is 1. The van der Waals surface area contributed by atoms with Crippen LogP contribution < -0.4 is 0 Å². The first-order valence-electron chi connectivity index (χ1n) is 6.40. The lowest BCUT2D eigenvalue weighted by Gasteiger charge is -2.27. The smallest absolute Gasteiger partial charge is 0.315 e. The van der Waals surface area contributed by atoms with Gasteiger partial charge < -0.3 is 4.74 Å². The molecule has 0 amide bonds. The minimum Gasteiger partial charge on any atom is -0.468 e. The van der Waals surface area contributed by atoms with Crippen LogP contribution >= 0.6 is 0 Å². The van der Waals surface area contributed by atoms with Gasteiger partial charge in [-0.2, -0.15) is 0 Å². The summed E-state index contributed by atoms with van der Waals surface area (Å²) in [7, 11) is 1.45. The van der Waals surface area contributed by atoms with E-state index in [-0.39, 0.29) is 5.97 Å². The van der Waals surface area contributed by atoms with Crippen LogP contribution in [-0.4, -0.2) is 13.1 Å². The fraction of sp³-hybridized carbons (Fsp3) is 0.438. The number of carbonyl (C=O) groups is 1. The first kappa shape index (κ1) is 14.5. The standard InChI is InChI=1S/C16H22O2/c1-4-5-6-10-13-16(2,15(17)18-3)14-11-8-7-9-12-14/h4,7-9,11-12H,1,5-6,10,13H2,2-3H3/t16-/m1/s1. The van der Waals surface area contributed by atoms with Crippen LogP contribution in [0.15, 0.2) is 43.0 Å². The van der Waals surface area contributed by atoms with Crippen LogP contribution in [0.5, 0.6) is 0 Å². The molecule has 0 unspecified atom stereocenters. The Hall–Kier alpha value is -1.57. The molecule has 0 N–H and O–H groups in total. The molecule has 2 heteroatoms. The molecule has 0 saturated heterocycles. The van der Waals surface area contributed by atoms with Gasteiger partial charge in [-0.3, -0.25) is 4.79 Å². The summed E-state index contributed by atoms with van der Waals surface area (Å²) in [6, 6.07) is 9.86. The number of ether oxygens (including phenoxy) is 1. The first-order chi connectivity index (χ1) is 8.65. The van der Waals surface area contributed by atoms with Crippen molar-refractivity contribution in [2.24, 2.45) is 0 Å². The minimum absolute atomic E-state index is 0.160. The molecule has 2 nitrogen and oxygen atoms in total. The van der Waals surface area contributed by atoms with E-state index in [0.29, 0.717) is 0 Å². The highest BCUT2D eigenvalue weighted by atomic mass is 16.5. The third-order valence-electron chi connectivity index (χ3n) is 3.38. The van der Waals surface area contributed by atoms with Crippen molar-refractivity contribution in [1.29, 1.82) is 0 Å². The van der Waals surface area contributed by atoms with Crippen molar-refractivity contribution in [2.45, 2.75) is 38.0 Å². The van der Waals surface area contributed by atoms with Gasteiger partial charge in [-0.05, 0) is 31.7 Å². The summed E-state index contributed by atoms with van der Waals surface area (Å²) in [4.78, 5) is 12.1. The van der Waals surface area contributed by atoms with Crippen molar-refractivity contribution in [3.8, 4) is 0 Å². The number of benzene rings is 1. The zero-order valence-electron chi connectivity index (χ0n) is 11.3. The topological polar surface area (TPSA) is 26.3 Å². The molecule has 0 heterocycles. The third-order valence-corrected chi connectivity index (χ3v) is 3.38. The molecule has 1 rings (SSSR count). The molecule has 18 heavy (non-hydrogen) atoms. The van der Waals surface area contributed by atoms with Gasteiger partial charge in [-0.1, -0.05) is 42.8 Å². The van der Waals surface area contributed by atoms with Gasteiger partial charge in [0.05, 0.1) is 12.5 Å². The number of esters is 1. The number of allylic oxidation sites excluding steroid dienone is 1. The second-order valence-corrected chi connectivity index (χ2v) is 4.72. The number of hydrogen-bond acceptors (Lipinski definition) is 2. The fourth-order valence-electron chi connectivity index (χ4n) is 2.16. The molecule has 1 atom stereocenters. The van der Waals surface area contributed by atoms with E-state index in [9.17, 15) is 4.79 Å². The summed E-state index contributed by atoms with van der Waals surface area (Å²) in [6.07, 6.45) is 5.76. The molecule has 0 aliphatic rings. The van der Waals surface area contributed by atoms with Crippen molar-refractivity contribution in [1.82, 2.24) is 0 Å². The van der Waals surface area contributed by atoms with Gasteiger partial charge in [0.1, 0.15) is 0 Å². The highest BCUT2D eigenvalue weighted by Gasteiger charge is 2.35. The van der Waals surface area contributed by atoms with Crippen LogP contribution in [0.3, 0.4) is 0 Å². The Bertz CT molecular complexity index is 383. The number of unbranched alkanes of at least 4 members (excludes halogenated alkanes) is 2. The van der Waals surface area contributed by atoms with Crippen molar-refractivity contribution in [3.63, 3.8) is 0 Å². The summed E-state index contributed by atoms with van der Waals surface area (Å²) < 4.78 is 4.97. The molecule has 0 aromatic heterocycles. The summed E-state index contributed by atoms with van der Waals surface area (Å²) in [5.74, 6) is -0.160. The van der Waals surface area contributed by atoms with Crippen molar-refractivity contribution in [3.05, 3.63) is 48.6 Å². The van der Waals surface area contributed by atoms with E-state index in [0.717, 1.165) is 31.2 Å². The van der Waals surface area contributed by atoms with Crippen molar-refractivity contribution >= 4 is 5.97 Å². The lowest BCUT2D eigenvalue weighted by Crippen LogP contribution is -2.33. The maximum Gasteiger partial charge on any atom is 0.315 e. The van der Waals surface area contributed by atoms with E-state index in [2.05, 4.69) is 6.58 Å². The highest BCUT2D eigenvalue weighted by Crippen LogP contribution is 2.31. The Labute approximate surface area is 110 Å². The lowest BCUT2D eigenvalue weighted by atomic mass is 9.78. The molecule has 0 bridgehead atoms. The summed E-state index contributed by atoms with van der Waals surface area (Å²) >= 11 is 0. The molecule has 0 aliphatic heterocycles. The van der Waals surface area contributed by atoms with Crippen LogP contribution in [0, 0.1) is 0 Å². The van der Waals surface area contributed by atoms with Gasteiger partial charge in [-0.15, -0.1) is 6.58 Å². The molecular formula is C16H22O2. The predicted molar refractivity (Wildman–Crippen MR) is 74.5 cm³/mol. The molecule has 0 aliphatic carbocycles. The number of rotatable bonds is 7. The van der Waals surface area contributed by atoms with Crippen LogP contribution in [0.2, 0.25) is 0 Å². The third kappa shape index (κ3) is 3.46. The Morgan fingerprint density at radius 2 is 2.00 bits per heavy atom. The number of methoxy groups -OCH3 is 1. The van der Waals surface area contributed by atoms with Crippen LogP contribution in [0.1, 0.15) is 38.2 Å². The summed E-state index contributed by atoms with van der Waals surface area (Å²) in [5, 5.41) is 0. The van der Waals surface area contributed by atoms with E-state index < -0.39 is 5.41 Å². The average Bonchev–Trinajstić information content (AvgIpc) is 2.43. The van der Waals surface area contributed by atoms with Gasteiger partial charge in [0, 0.05) is 0 Å². The normalized spacial score (nSPS) is 13.7. The van der Waals surface area contributed by atoms with E-state index in [1.54, 1.807) is 0 Å². The van der Waals surface area contributed by atoms with Gasteiger partial charge in [0.15, 0.2) is 0 Å². The first-order valence-corrected chi connectivity index (χ1v) is 6.40. The van der Waals surface area contributed by atoms with Gasteiger partial charge >= 0.3 is 5.97 Å². The van der Waals surface area contributed by atoms with Gasteiger partial charge in [-0.25, -0.2) is 0 Å². The van der Waals surface area contributed by atoms with Gasteiger partial charge in [0.2, 0.25) is 0 Å². The zero-order valence-corrected chi connectivity index (χ0v) is 11.3. The molecule has 0 fully saturated rings. The lowest BCUT2D eigenvalue weighted by molar-refractivity contribution is -0.147. The highest BCUT2D eigenvalue weighted by molar-refractivity contribution is 5.82. The Balaban J connectivity index is 2.82. The molecule has 0 spiro atoms. The van der Waals surface area contributed by atoms with Gasteiger partial charge in [0.25, 0.3) is 0 Å². The molecule has 0 radical (unpaired) electrons. The average molecular weight is 246 g/mol. The maximum absolute atomic E-state index is 12.1. The molecule has 98 valence electrons. The van der Waals surface area contributed by atoms with Crippen molar-refractivity contribution < 1.29 is 9.53 Å². The molecule has 1 aromatic rings. The van der Waals surface area contributed by atoms with Crippen LogP contribution in [-0.2, 0) is 14.9 Å². The Morgan fingerprint density at radius 1 is 1.33 bits per heavy atom. The fourth-order valence-corrected chi connectivity index (χ4v) is 2.16. The molecule has 0 saturated carbocycles. The quantitative estimate of drug-likeness (QED) is 0.415. The van der Waals surface area contributed by atoms with E-state index in [1.165, 1.54) is 7.11 Å². The van der Waals surface area contributed by atoms with Crippen LogP contribution in [0.4, 0.5) is 0 Å². The monoisotopic (exact) mass is 246 g/mol. The van der Waals surface area contributed by atoms with E-state index in [1.807, 2.05) is 43.3 Å². The van der Waals surface area contributed by atoms with E-state index in [4.69, 9.17) is 4.74 Å². The van der Waals surface area contributed by atoms with E-state index >= 15 is 0 Å². The summed E-state index contributed by atoms with van der Waals surface area (Å²) in [5.41, 5.74) is 0.479. The second-order valence-electron chi connectivity index (χ2n) is 4.72. The summed E-state index contributed by atoms with van der Waals surface area (Å²) in [6.45, 7) is 5.67. The molecular weight excluding hydrogens is 224 g/mol. The number of hydrogen-bond donors (Lipinski definition) is 0. The second kappa shape index (κ2) is 7.00. The maximum atomic E-state index is 12.1. The largest absolute Gasteiger partial charge is 0.468 e. The van der Waals surface area contributed by atoms with Crippen molar-refractivity contribution in [2.75, 3.05) is 7.11 Å². The Kier molecular flexibility index (Phi) is 5.63. The molecule has 1 aromatic carbocycles. The zero-order chi connectivity index (χ0) is 13.4. The SMILES string of the molecule is C=CCCCC[C@@](C)(C(=O)OC)c1ccccc1. The Morgan fingerprint density at radius 3 is 2.56 bits per heavy atom.